The van der Waals surface area contributed by atoms with Crippen molar-refractivity contribution >= 4 is 29.1 Å². The van der Waals surface area contributed by atoms with E-state index in [-0.39, 0.29) is 12.5 Å². The van der Waals surface area contributed by atoms with E-state index in [1.165, 1.54) is 16.3 Å². The lowest BCUT2D eigenvalue weighted by Gasteiger charge is -2.14. The molecule has 0 aromatic carbocycles. The van der Waals surface area contributed by atoms with Crippen molar-refractivity contribution in [1.82, 2.24) is 4.90 Å². The predicted octanol–water partition coefficient (Wildman–Crippen LogP) is 0.394. The van der Waals surface area contributed by atoms with Crippen molar-refractivity contribution in [3.05, 3.63) is 21.9 Å². The molecule has 0 bridgehead atoms. The molecule has 6 nitrogen and oxygen atoms in total. The lowest BCUT2D eigenvalue weighted by Crippen LogP contribution is -2.29. The molecule has 3 N–H and O–H groups in total. The number of thiophene rings is 1. The van der Waals surface area contributed by atoms with Gasteiger partial charge in [0.15, 0.2) is 0 Å². The maximum atomic E-state index is 12.0. The number of hydrogen-bond donors (Lipinski definition) is 2. The van der Waals surface area contributed by atoms with E-state index in [4.69, 9.17) is 10.8 Å². The van der Waals surface area contributed by atoms with Crippen LogP contribution >= 0.6 is 11.3 Å². The summed E-state index contributed by atoms with van der Waals surface area (Å²) >= 11 is 1.14. The molecule has 2 rings (SSSR count). The zero-order valence-corrected chi connectivity index (χ0v) is 10.3. The number of carboxylic acid groups (broad SMARTS) is 1. The predicted molar refractivity (Wildman–Crippen MR) is 64.5 cm³/mol. The summed E-state index contributed by atoms with van der Waals surface area (Å²) in [7, 11) is 0. The van der Waals surface area contributed by atoms with Crippen molar-refractivity contribution in [3.63, 3.8) is 0 Å². The number of aliphatic carboxylic acids is 1. The van der Waals surface area contributed by atoms with E-state index in [2.05, 4.69) is 0 Å². The fraction of sp³-hybridized carbons (Fsp3) is 0.364. The zero-order chi connectivity index (χ0) is 13.3. The highest BCUT2D eigenvalue weighted by molar-refractivity contribution is 7.12. The van der Waals surface area contributed by atoms with E-state index in [1.54, 1.807) is 0 Å². The van der Waals surface area contributed by atoms with Crippen LogP contribution in [0.15, 0.2) is 11.4 Å². The summed E-state index contributed by atoms with van der Waals surface area (Å²) in [6, 6.07) is 1.45. The summed E-state index contributed by atoms with van der Waals surface area (Å²) in [6.45, 7) is 0.650. The number of rotatable bonds is 3. The van der Waals surface area contributed by atoms with Crippen LogP contribution in [0.5, 0.6) is 0 Å². The van der Waals surface area contributed by atoms with Crippen LogP contribution in [0.4, 0.5) is 0 Å². The molecule has 7 heteroatoms. The Morgan fingerprint density at radius 1 is 1.44 bits per heavy atom. The lowest BCUT2D eigenvalue weighted by atomic mass is 10.1. The van der Waals surface area contributed by atoms with Crippen LogP contribution in [0, 0.1) is 5.92 Å². The molecule has 1 aliphatic rings. The third-order valence-corrected chi connectivity index (χ3v) is 3.84. The Kier molecular flexibility index (Phi) is 3.33. The summed E-state index contributed by atoms with van der Waals surface area (Å²) in [5.41, 5.74) is 5.41. The summed E-state index contributed by atoms with van der Waals surface area (Å²) in [6.07, 6.45) is 0.467. The topological polar surface area (TPSA) is 101 Å². The van der Waals surface area contributed by atoms with E-state index in [9.17, 15) is 14.4 Å². The highest BCUT2D eigenvalue weighted by Crippen LogP contribution is 2.22. The third-order valence-electron chi connectivity index (χ3n) is 2.92. The number of amides is 2. The molecule has 0 saturated carbocycles. The summed E-state index contributed by atoms with van der Waals surface area (Å²) in [4.78, 5) is 35.7. The summed E-state index contributed by atoms with van der Waals surface area (Å²) in [5.74, 6) is -2.19. The molecule has 1 aromatic heterocycles. The number of hydrogen-bond acceptors (Lipinski definition) is 4. The van der Waals surface area contributed by atoms with Crippen molar-refractivity contribution in [3.8, 4) is 0 Å². The molecule has 2 amide bonds. The van der Waals surface area contributed by atoms with Crippen LogP contribution in [0.3, 0.4) is 0 Å². The van der Waals surface area contributed by atoms with Gasteiger partial charge in [-0.2, -0.15) is 0 Å². The highest BCUT2D eigenvalue weighted by Gasteiger charge is 2.31. The Labute approximate surface area is 107 Å². The van der Waals surface area contributed by atoms with Crippen LogP contribution < -0.4 is 5.73 Å². The Bertz CT molecular complexity index is 511. The van der Waals surface area contributed by atoms with Gasteiger partial charge in [0.2, 0.25) is 5.91 Å². The molecule has 1 unspecified atom stereocenters. The molecule has 1 fully saturated rings. The first kappa shape index (κ1) is 12.6. The van der Waals surface area contributed by atoms with Gasteiger partial charge < -0.3 is 15.7 Å². The van der Waals surface area contributed by atoms with Gasteiger partial charge in [-0.1, -0.05) is 0 Å². The van der Waals surface area contributed by atoms with Gasteiger partial charge in [-0.25, -0.2) is 0 Å². The molecular weight excluding hydrogens is 256 g/mol. The first-order valence-corrected chi connectivity index (χ1v) is 6.27. The monoisotopic (exact) mass is 268 g/mol. The molecule has 0 aliphatic carbocycles. The second-order valence-electron chi connectivity index (χ2n) is 4.14. The van der Waals surface area contributed by atoms with Gasteiger partial charge in [0.05, 0.1) is 16.4 Å². The minimum Gasteiger partial charge on any atom is -0.481 e. The van der Waals surface area contributed by atoms with Gasteiger partial charge >= 0.3 is 5.97 Å². The van der Waals surface area contributed by atoms with Crippen molar-refractivity contribution in [2.75, 3.05) is 13.1 Å². The van der Waals surface area contributed by atoms with E-state index in [0.29, 0.717) is 23.4 Å². The minimum absolute atomic E-state index is 0.220. The Morgan fingerprint density at radius 3 is 2.67 bits per heavy atom. The molecular formula is C11H12N2O4S. The third kappa shape index (κ3) is 2.35. The normalized spacial score (nSPS) is 18.9. The maximum Gasteiger partial charge on any atom is 0.308 e. The van der Waals surface area contributed by atoms with E-state index >= 15 is 0 Å². The SMILES string of the molecule is NC(=O)c1csc(C(=O)N2CCC(C(=O)O)C2)c1. The highest BCUT2D eigenvalue weighted by atomic mass is 32.1. The number of carboxylic acids is 1. The average Bonchev–Trinajstić information content (AvgIpc) is 2.97. The van der Waals surface area contributed by atoms with Crippen LogP contribution in [0.2, 0.25) is 0 Å². The fourth-order valence-electron chi connectivity index (χ4n) is 1.88. The summed E-state index contributed by atoms with van der Waals surface area (Å²) < 4.78 is 0. The van der Waals surface area contributed by atoms with Crippen molar-refractivity contribution in [2.45, 2.75) is 6.42 Å². The van der Waals surface area contributed by atoms with Crippen molar-refractivity contribution < 1.29 is 19.5 Å². The molecule has 1 aromatic rings. The standard InChI is InChI=1S/C11H12N2O4S/c12-9(14)7-3-8(18-5-7)10(15)13-2-1-6(4-13)11(16)17/h3,5-6H,1-2,4H2,(H2,12,14)(H,16,17). The number of carbonyl (C=O) groups excluding carboxylic acids is 2. The fourth-order valence-corrected chi connectivity index (χ4v) is 2.74. The van der Waals surface area contributed by atoms with Crippen LogP contribution in [0.1, 0.15) is 26.5 Å². The van der Waals surface area contributed by atoms with Gasteiger partial charge in [0.1, 0.15) is 0 Å². The molecule has 1 saturated heterocycles. The van der Waals surface area contributed by atoms with Gasteiger partial charge in [0, 0.05) is 18.5 Å². The van der Waals surface area contributed by atoms with Gasteiger partial charge in [-0.15, -0.1) is 11.3 Å². The number of likely N-dealkylation sites (tertiary alicyclic amines) is 1. The molecule has 18 heavy (non-hydrogen) atoms. The zero-order valence-electron chi connectivity index (χ0n) is 9.46. The average molecular weight is 268 g/mol. The van der Waals surface area contributed by atoms with Gasteiger partial charge in [-0.05, 0) is 12.5 Å². The van der Waals surface area contributed by atoms with Gasteiger partial charge in [0.25, 0.3) is 5.91 Å². The Balaban J connectivity index is 2.08. The van der Waals surface area contributed by atoms with Crippen LogP contribution in [-0.4, -0.2) is 40.9 Å². The second kappa shape index (κ2) is 4.77. The molecule has 0 radical (unpaired) electrons. The summed E-state index contributed by atoms with van der Waals surface area (Å²) in [5, 5.41) is 10.4. The lowest BCUT2D eigenvalue weighted by molar-refractivity contribution is -0.141. The van der Waals surface area contributed by atoms with Crippen LogP contribution in [0.25, 0.3) is 0 Å². The van der Waals surface area contributed by atoms with E-state index < -0.39 is 17.8 Å². The number of carbonyl (C=O) groups is 3. The van der Waals surface area contributed by atoms with E-state index in [0.717, 1.165) is 11.3 Å². The number of nitrogens with two attached hydrogens (primary N) is 1. The van der Waals surface area contributed by atoms with Gasteiger partial charge in [-0.3, -0.25) is 14.4 Å². The van der Waals surface area contributed by atoms with E-state index in [1.807, 2.05) is 0 Å². The van der Waals surface area contributed by atoms with Crippen molar-refractivity contribution in [1.29, 1.82) is 0 Å². The largest absolute Gasteiger partial charge is 0.481 e. The quantitative estimate of drug-likeness (QED) is 0.828. The molecule has 96 valence electrons. The number of primary amides is 1. The van der Waals surface area contributed by atoms with Crippen LogP contribution in [-0.2, 0) is 4.79 Å². The minimum atomic E-state index is -0.880. The molecule has 1 atom stereocenters. The Morgan fingerprint density at radius 2 is 2.17 bits per heavy atom. The second-order valence-corrected chi connectivity index (χ2v) is 5.05. The maximum absolute atomic E-state index is 12.0. The van der Waals surface area contributed by atoms with Crippen molar-refractivity contribution in [2.24, 2.45) is 11.7 Å². The first-order chi connectivity index (χ1) is 8.49. The first-order valence-electron chi connectivity index (χ1n) is 5.39. The molecule has 1 aliphatic heterocycles. The molecule has 2 heterocycles. The smallest absolute Gasteiger partial charge is 0.308 e. The number of nitrogens with zero attached hydrogens (tertiary/aromatic N) is 1. The molecule has 0 spiro atoms. The Hall–Kier alpha value is -1.89.